The number of benzene rings is 3. The summed E-state index contributed by atoms with van der Waals surface area (Å²) in [6.07, 6.45) is -4.65. The zero-order chi connectivity index (χ0) is 27.4. The van der Waals surface area contributed by atoms with Crippen LogP contribution in [0.3, 0.4) is 0 Å². The van der Waals surface area contributed by atoms with Crippen molar-refractivity contribution in [3.05, 3.63) is 82.6 Å². The number of anilines is 4. The van der Waals surface area contributed by atoms with E-state index >= 15 is 0 Å². The van der Waals surface area contributed by atoms with Crippen molar-refractivity contribution in [2.45, 2.75) is 20.0 Å². The van der Waals surface area contributed by atoms with E-state index in [-0.39, 0.29) is 5.69 Å². The minimum absolute atomic E-state index is 0.0589. The molecule has 196 valence electrons. The van der Waals surface area contributed by atoms with Crippen LogP contribution in [0.2, 0.25) is 5.02 Å². The number of amides is 2. The maximum absolute atomic E-state index is 13.1. The molecular formula is C26H22ClF3N6O2. The molecule has 0 saturated carbocycles. The number of aromatic nitrogens is 3. The zero-order valence-electron chi connectivity index (χ0n) is 20.4. The third-order valence-corrected chi connectivity index (χ3v) is 5.70. The van der Waals surface area contributed by atoms with Gasteiger partial charge in [0.2, 0.25) is 5.95 Å². The van der Waals surface area contributed by atoms with Gasteiger partial charge in [-0.05, 0) is 74.0 Å². The van der Waals surface area contributed by atoms with Crippen molar-refractivity contribution in [3.8, 4) is 17.1 Å². The van der Waals surface area contributed by atoms with Crippen LogP contribution in [0.1, 0.15) is 17.0 Å². The Kier molecular flexibility index (Phi) is 7.67. The Bertz CT molecular complexity index is 1480. The van der Waals surface area contributed by atoms with Gasteiger partial charge in [-0.15, -0.1) is 0 Å². The zero-order valence-corrected chi connectivity index (χ0v) is 21.2. The molecule has 3 N–H and O–H groups in total. The molecule has 0 fully saturated rings. The van der Waals surface area contributed by atoms with E-state index in [9.17, 15) is 18.0 Å². The first kappa shape index (κ1) is 26.7. The number of carbonyl (C=O) groups excluding carboxylic acids is 1. The molecule has 0 aliphatic heterocycles. The van der Waals surface area contributed by atoms with Crippen LogP contribution >= 0.6 is 11.6 Å². The molecule has 0 saturated heterocycles. The molecule has 1 aromatic heterocycles. The fourth-order valence-corrected chi connectivity index (χ4v) is 3.70. The number of halogens is 4. The van der Waals surface area contributed by atoms with Crippen LogP contribution in [0.5, 0.6) is 5.75 Å². The molecular weight excluding hydrogens is 521 g/mol. The van der Waals surface area contributed by atoms with Crippen LogP contribution in [0.25, 0.3) is 11.4 Å². The lowest BCUT2D eigenvalue weighted by molar-refractivity contribution is -0.137. The number of ether oxygens (including phenoxy) is 1. The van der Waals surface area contributed by atoms with E-state index in [2.05, 4.69) is 30.9 Å². The van der Waals surface area contributed by atoms with Crippen LogP contribution in [-0.4, -0.2) is 28.1 Å². The highest BCUT2D eigenvalue weighted by atomic mass is 35.5. The van der Waals surface area contributed by atoms with Crippen LogP contribution < -0.4 is 20.7 Å². The first-order chi connectivity index (χ1) is 18.0. The topological polar surface area (TPSA) is 101 Å². The number of urea groups is 1. The average molecular weight is 543 g/mol. The number of nitrogens with one attached hydrogen (secondary N) is 3. The maximum atomic E-state index is 13.1. The molecule has 12 heteroatoms. The number of aryl methyl sites for hydroxylation is 2. The summed E-state index contributed by atoms with van der Waals surface area (Å²) >= 11 is 5.64. The van der Waals surface area contributed by atoms with Crippen molar-refractivity contribution in [3.63, 3.8) is 0 Å². The molecule has 4 rings (SSSR count). The second-order valence-corrected chi connectivity index (χ2v) is 8.59. The SMILES string of the molecule is COc1ccc(-c2nc(C)nc(Nc3cc(NC(=O)Nc4ccc(Cl)c(C(F)(F)F)c4)ccc3C)n2)cc1. The van der Waals surface area contributed by atoms with Crippen molar-refractivity contribution in [2.24, 2.45) is 0 Å². The van der Waals surface area contributed by atoms with E-state index in [1.807, 2.05) is 19.1 Å². The number of alkyl halides is 3. The molecule has 1 heterocycles. The number of rotatable bonds is 6. The van der Waals surface area contributed by atoms with Crippen molar-refractivity contribution in [1.29, 1.82) is 0 Å². The average Bonchev–Trinajstić information content (AvgIpc) is 2.86. The van der Waals surface area contributed by atoms with E-state index in [0.29, 0.717) is 34.7 Å². The van der Waals surface area contributed by atoms with E-state index < -0.39 is 22.8 Å². The Morgan fingerprint density at radius 3 is 2.21 bits per heavy atom. The summed E-state index contributed by atoms with van der Waals surface area (Å²) in [7, 11) is 1.58. The molecule has 8 nitrogen and oxygen atoms in total. The maximum Gasteiger partial charge on any atom is 0.417 e. The summed E-state index contributed by atoms with van der Waals surface area (Å²) in [5.74, 6) is 1.98. The van der Waals surface area contributed by atoms with E-state index in [0.717, 1.165) is 23.3 Å². The van der Waals surface area contributed by atoms with Gasteiger partial charge < -0.3 is 20.7 Å². The normalized spacial score (nSPS) is 11.1. The van der Waals surface area contributed by atoms with Gasteiger partial charge in [0.05, 0.1) is 17.7 Å². The van der Waals surface area contributed by atoms with Gasteiger partial charge in [-0.2, -0.15) is 23.1 Å². The minimum Gasteiger partial charge on any atom is -0.497 e. The van der Waals surface area contributed by atoms with Crippen LogP contribution in [-0.2, 0) is 6.18 Å². The van der Waals surface area contributed by atoms with Gasteiger partial charge in [-0.25, -0.2) is 9.78 Å². The van der Waals surface area contributed by atoms with Crippen LogP contribution in [0.15, 0.2) is 60.7 Å². The Balaban J connectivity index is 1.50. The summed E-state index contributed by atoms with van der Waals surface area (Å²) in [5, 5.41) is 7.67. The highest BCUT2D eigenvalue weighted by Crippen LogP contribution is 2.36. The molecule has 0 aliphatic carbocycles. The highest BCUT2D eigenvalue weighted by molar-refractivity contribution is 6.31. The van der Waals surface area contributed by atoms with Gasteiger partial charge in [-0.3, -0.25) is 0 Å². The van der Waals surface area contributed by atoms with Crippen molar-refractivity contribution >= 4 is 40.6 Å². The Labute approximate surface area is 221 Å². The molecule has 3 aromatic carbocycles. The summed E-state index contributed by atoms with van der Waals surface area (Å²) in [5.41, 5.74) is 1.52. The summed E-state index contributed by atoms with van der Waals surface area (Å²) in [4.78, 5) is 25.7. The third-order valence-electron chi connectivity index (χ3n) is 5.37. The van der Waals surface area contributed by atoms with Crippen molar-refractivity contribution in [1.82, 2.24) is 15.0 Å². The van der Waals surface area contributed by atoms with Crippen LogP contribution in [0, 0.1) is 13.8 Å². The minimum atomic E-state index is -4.65. The molecule has 38 heavy (non-hydrogen) atoms. The van der Waals surface area contributed by atoms with Crippen LogP contribution in [0.4, 0.5) is 41.0 Å². The highest BCUT2D eigenvalue weighted by Gasteiger charge is 2.33. The molecule has 0 spiro atoms. The smallest absolute Gasteiger partial charge is 0.417 e. The summed E-state index contributed by atoms with van der Waals surface area (Å²) in [6.45, 7) is 3.60. The van der Waals surface area contributed by atoms with Gasteiger partial charge in [0.1, 0.15) is 11.6 Å². The van der Waals surface area contributed by atoms with Crippen molar-refractivity contribution in [2.75, 3.05) is 23.1 Å². The fourth-order valence-electron chi connectivity index (χ4n) is 3.48. The lowest BCUT2D eigenvalue weighted by Crippen LogP contribution is -2.20. The number of nitrogens with zero attached hydrogens (tertiary/aromatic N) is 3. The van der Waals surface area contributed by atoms with E-state index in [1.165, 1.54) is 6.07 Å². The molecule has 0 atom stereocenters. The fraction of sp³-hybridized carbons (Fsp3) is 0.154. The van der Waals surface area contributed by atoms with E-state index in [4.69, 9.17) is 16.3 Å². The lowest BCUT2D eigenvalue weighted by atomic mass is 10.1. The third kappa shape index (κ3) is 6.48. The van der Waals surface area contributed by atoms with Gasteiger partial charge in [0.25, 0.3) is 0 Å². The second kappa shape index (κ2) is 10.9. The summed E-state index contributed by atoms with van der Waals surface area (Å²) < 4.78 is 44.5. The van der Waals surface area contributed by atoms with Gasteiger partial charge in [0.15, 0.2) is 5.82 Å². The monoisotopic (exact) mass is 542 g/mol. The number of hydrogen-bond acceptors (Lipinski definition) is 6. The number of methoxy groups -OCH3 is 1. The second-order valence-electron chi connectivity index (χ2n) is 8.18. The molecule has 0 aliphatic rings. The predicted octanol–water partition coefficient (Wildman–Crippen LogP) is 7.22. The first-order valence-electron chi connectivity index (χ1n) is 11.2. The number of carbonyl (C=O) groups is 1. The molecule has 4 aromatic rings. The lowest BCUT2D eigenvalue weighted by Gasteiger charge is -2.14. The predicted molar refractivity (Wildman–Crippen MR) is 140 cm³/mol. The number of hydrogen-bond donors (Lipinski definition) is 3. The largest absolute Gasteiger partial charge is 0.497 e. The molecule has 2 amide bonds. The Hall–Kier alpha value is -4.38. The Morgan fingerprint density at radius 2 is 1.55 bits per heavy atom. The molecule has 0 radical (unpaired) electrons. The van der Waals surface area contributed by atoms with Crippen molar-refractivity contribution < 1.29 is 22.7 Å². The van der Waals surface area contributed by atoms with Gasteiger partial charge >= 0.3 is 12.2 Å². The Morgan fingerprint density at radius 1 is 0.895 bits per heavy atom. The first-order valence-corrected chi connectivity index (χ1v) is 11.6. The van der Waals surface area contributed by atoms with Gasteiger partial charge in [-0.1, -0.05) is 17.7 Å². The standard InChI is InChI=1S/C26H22ClF3N6O2/c1-14-4-7-18(34-25(37)33-17-8-11-21(27)20(12-17)26(28,29)30)13-22(14)35-24-32-15(2)31-23(36-24)16-5-9-19(38-3)10-6-16/h4-13H,1-3H3,(H2,33,34,37)(H,31,32,35,36). The van der Waals surface area contributed by atoms with E-state index in [1.54, 1.807) is 44.4 Å². The summed E-state index contributed by atoms with van der Waals surface area (Å²) in [6, 6.07) is 14.8. The molecule has 0 bridgehead atoms. The van der Waals surface area contributed by atoms with Gasteiger partial charge in [0, 0.05) is 22.6 Å². The quantitative estimate of drug-likeness (QED) is 0.238. The molecule has 0 unspecified atom stereocenters.